The van der Waals surface area contributed by atoms with Gasteiger partial charge in [0.25, 0.3) is 0 Å². The van der Waals surface area contributed by atoms with E-state index in [0.717, 1.165) is 30.5 Å². The Bertz CT molecular complexity index is 1150. The molecule has 1 saturated carbocycles. The van der Waals surface area contributed by atoms with Gasteiger partial charge in [-0.25, -0.2) is 9.78 Å². The lowest BCUT2D eigenvalue weighted by molar-refractivity contribution is -0.120. The largest absolute Gasteiger partial charge is 0.455 e. The SMILES string of the molecule is Cc1nc(NC(=O)NC(=O)CCC2(C)CC2)ccc1Oc1ccnc(-c2cnn(C)c2)c1. The molecule has 9 nitrogen and oxygen atoms in total. The fraction of sp³-hybridized carbons (Fsp3) is 0.348. The summed E-state index contributed by atoms with van der Waals surface area (Å²) < 4.78 is 7.67. The van der Waals surface area contributed by atoms with Crippen LogP contribution in [-0.4, -0.2) is 31.7 Å². The van der Waals surface area contributed by atoms with Crippen LogP contribution < -0.4 is 15.4 Å². The van der Waals surface area contributed by atoms with Gasteiger partial charge >= 0.3 is 6.03 Å². The van der Waals surface area contributed by atoms with Gasteiger partial charge in [-0.05, 0) is 49.8 Å². The van der Waals surface area contributed by atoms with Crippen molar-refractivity contribution in [1.82, 2.24) is 25.1 Å². The topological polar surface area (TPSA) is 111 Å². The Hall–Kier alpha value is -3.75. The van der Waals surface area contributed by atoms with Crippen molar-refractivity contribution >= 4 is 17.8 Å². The second-order valence-corrected chi connectivity index (χ2v) is 8.47. The number of hydrogen-bond donors (Lipinski definition) is 2. The minimum Gasteiger partial charge on any atom is -0.455 e. The quantitative estimate of drug-likeness (QED) is 0.576. The van der Waals surface area contributed by atoms with E-state index in [2.05, 4.69) is 32.6 Å². The highest BCUT2D eigenvalue weighted by Gasteiger charge is 2.37. The molecule has 1 aliphatic rings. The van der Waals surface area contributed by atoms with Crippen molar-refractivity contribution in [2.45, 2.75) is 39.5 Å². The number of carbonyl (C=O) groups excluding carboxylic acids is 2. The summed E-state index contributed by atoms with van der Waals surface area (Å²) in [6.07, 6.45) is 8.72. The van der Waals surface area contributed by atoms with Crippen molar-refractivity contribution in [2.24, 2.45) is 12.5 Å². The number of nitrogens with one attached hydrogen (secondary N) is 2. The monoisotopic (exact) mass is 434 g/mol. The number of hydrogen-bond acceptors (Lipinski definition) is 6. The summed E-state index contributed by atoms with van der Waals surface area (Å²) in [6.45, 7) is 3.94. The summed E-state index contributed by atoms with van der Waals surface area (Å²) in [5, 5.41) is 9.11. The van der Waals surface area contributed by atoms with Crippen LogP contribution in [0.5, 0.6) is 11.5 Å². The lowest BCUT2D eigenvalue weighted by Gasteiger charge is -2.11. The van der Waals surface area contributed by atoms with Crippen LogP contribution >= 0.6 is 0 Å². The first-order valence-corrected chi connectivity index (χ1v) is 10.5. The molecule has 4 rings (SSSR count). The molecule has 3 aromatic rings. The standard InChI is InChI=1S/C23H26N6O3/c1-15-19(32-17-7-11-24-18(12-17)16-13-25-29(3)14-16)4-5-20(26-15)27-22(31)28-21(30)6-8-23(2)9-10-23/h4-5,7,11-14H,6,8-10H2,1-3H3,(H2,26,27,28,30,31). The summed E-state index contributed by atoms with van der Waals surface area (Å²) in [6, 6.07) is 6.33. The molecule has 3 heterocycles. The smallest absolute Gasteiger partial charge is 0.327 e. The molecule has 0 spiro atoms. The number of rotatable bonds is 7. The van der Waals surface area contributed by atoms with Gasteiger partial charge in [0, 0.05) is 37.5 Å². The molecule has 0 aromatic carbocycles. The first-order chi connectivity index (χ1) is 15.3. The van der Waals surface area contributed by atoms with E-state index in [1.807, 2.05) is 19.3 Å². The molecule has 0 aliphatic heterocycles. The zero-order chi connectivity index (χ0) is 22.7. The number of urea groups is 1. The zero-order valence-corrected chi connectivity index (χ0v) is 18.4. The van der Waals surface area contributed by atoms with Crippen LogP contribution in [-0.2, 0) is 11.8 Å². The average molecular weight is 435 g/mol. The Kier molecular flexibility index (Phi) is 5.89. The summed E-state index contributed by atoms with van der Waals surface area (Å²) in [5.41, 5.74) is 2.50. The van der Waals surface area contributed by atoms with Gasteiger partial charge in [-0.3, -0.25) is 25.1 Å². The van der Waals surface area contributed by atoms with Crippen LogP contribution in [0.4, 0.5) is 10.6 Å². The van der Waals surface area contributed by atoms with Crippen LogP contribution in [0.15, 0.2) is 42.9 Å². The van der Waals surface area contributed by atoms with Gasteiger partial charge in [0.1, 0.15) is 17.3 Å². The van der Waals surface area contributed by atoms with Crippen LogP contribution in [0.2, 0.25) is 0 Å². The van der Waals surface area contributed by atoms with E-state index in [0.29, 0.717) is 29.4 Å². The summed E-state index contributed by atoms with van der Waals surface area (Å²) in [5.74, 6) is 1.21. The molecule has 0 unspecified atom stereocenters. The molecular weight excluding hydrogens is 408 g/mol. The number of carbonyl (C=O) groups is 2. The van der Waals surface area contributed by atoms with Gasteiger partial charge in [0.2, 0.25) is 5.91 Å². The number of ether oxygens (including phenoxy) is 1. The number of aromatic nitrogens is 4. The van der Waals surface area contributed by atoms with Crippen molar-refractivity contribution < 1.29 is 14.3 Å². The van der Waals surface area contributed by atoms with E-state index in [9.17, 15) is 9.59 Å². The Balaban J connectivity index is 1.35. The van der Waals surface area contributed by atoms with Crippen LogP contribution in [0, 0.1) is 12.3 Å². The molecule has 0 saturated heterocycles. The van der Waals surface area contributed by atoms with Crippen LogP contribution in [0.3, 0.4) is 0 Å². The fourth-order valence-electron chi connectivity index (χ4n) is 3.25. The Morgan fingerprint density at radius 2 is 2.06 bits per heavy atom. The second kappa shape index (κ2) is 8.78. The highest BCUT2D eigenvalue weighted by Crippen LogP contribution is 2.48. The summed E-state index contributed by atoms with van der Waals surface area (Å²) in [7, 11) is 1.85. The minimum atomic E-state index is -0.591. The van der Waals surface area contributed by atoms with Crippen LogP contribution in [0.1, 0.15) is 38.3 Å². The lowest BCUT2D eigenvalue weighted by atomic mass is 10.0. The van der Waals surface area contributed by atoms with Gasteiger partial charge in [0.15, 0.2) is 0 Å². The molecule has 0 atom stereocenters. The van der Waals surface area contributed by atoms with Crippen molar-refractivity contribution in [2.75, 3.05) is 5.32 Å². The van der Waals surface area contributed by atoms with Crippen molar-refractivity contribution in [3.05, 3.63) is 48.5 Å². The normalized spacial score (nSPS) is 14.0. The molecule has 9 heteroatoms. The van der Waals surface area contributed by atoms with Crippen molar-refractivity contribution in [3.63, 3.8) is 0 Å². The Morgan fingerprint density at radius 1 is 1.25 bits per heavy atom. The van der Waals surface area contributed by atoms with Crippen molar-refractivity contribution in [3.8, 4) is 22.8 Å². The number of nitrogens with zero attached hydrogens (tertiary/aromatic N) is 4. The van der Waals surface area contributed by atoms with Gasteiger partial charge in [-0.1, -0.05) is 6.92 Å². The lowest BCUT2D eigenvalue weighted by Crippen LogP contribution is -2.34. The molecule has 32 heavy (non-hydrogen) atoms. The second-order valence-electron chi connectivity index (χ2n) is 8.47. The van der Waals surface area contributed by atoms with Crippen LogP contribution in [0.25, 0.3) is 11.3 Å². The average Bonchev–Trinajstić information content (AvgIpc) is 3.33. The third kappa shape index (κ3) is 5.48. The highest BCUT2D eigenvalue weighted by molar-refractivity contribution is 6.00. The molecular formula is C23H26N6O3. The maximum absolute atomic E-state index is 12.1. The maximum Gasteiger partial charge on any atom is 0.327 e. The molecule has 3 amide bonds. The molecule has 1 aliphatic carbocycles. The van der Waals surface area contributed by atoms with E-state index in [4.69, 9.17) is 4.74 Å². The molecule has 0 radical (unpaired) electrons. The highest BCUT2D eigenvalue weighted by atomic mass is 16.5. The first kappa shape index (κ1) is 21.5. The molecule has 3 aromatic heterocycles. The van der Waals surface area contributed by atoms with Gasteiger partial charge < -0.3 is 4.74 Å². The first-order valence-electron chi connectivity index (χ1n) is 10.5. The number of imide groups is 1. The number of aryl methyl sites for hydroxylation is 2. The predicted octanol–water partition coefficient (Wildman–Crippen LogP) is 4.21. The number of anilines is 1. The third-order valence-electron chi connectivity index (χ3n) is 5.55. The van der Waals surface area contributed by atoms with Gasteiger partial charge in [-0.15, -0.1) is 0 Å². The molecule has 2 N–H and O–H groups in total. The fourth-order valence-corrected chi connectivity index (χ4v) is 3.25. The predicted molar refractivity (Wildman–Crippen MR) is 119 cm³/mol. The van der Waals surface area contributed by atoms with E-state index >= 15 is 0 Å². The third-order valence-corrected chi connectivity index (χ3v) is 5.55. The van der Waals surface area contributed by atoms with E-state index < -0.39 is 6.03 Å². The minimum absolute atomic E-state index is 0.274. The maximum atomic E-state index is 12.1. The zero-order valence-electron chi connectivity index (χ0n) is 18.4. The van der Waals surface area contributed by atoms with E-state index in [1.165, 1.54) is 0 Å². The molecule has 0 bridgehead atoms. The van der Waals surface area contributed by atoms with E-state index in [-0.39, 0.29) is 11.3 Å². The van der Waals surface area contributed by atoms with Gasteiger partial charge in [0.05, 0.1) is 17.6 Å². The number of pyridine rings is 2. The van der Waals surface area contributed by atoms with E-state index in [1.54, 1.807) is 42.2 Å². The Labute approximate surface area is 186 Å². The molecule has 166 valence electrons. The summed E-state index contributed by atoms with van der Waals surface area (Å²) >= 11 is 0. The number of amides is 3. The summed E-state index contributed by atoms with van der Waals surface area (Å²) in [4.78, 5) is 32.8. The van der Waals surface area contributed by atoms with Gasteiger partial charge in [-0.2, -0.15) is 5.10 Å². The van der Waals surface area contributed by atoms with Crippen molar-refractivity contribution in [1.29, 1.82) is 0 Å². The Morgan fingerprint density at radius 3 is 2.75 bits per heavy atom. The molecule has 1 fully saturated rings.